The highest BCUT2D eigenvalue weighted by atomic mass is 32.2. The van der Waals surface area contributed by atoms with E-state index in [0.717, 1.165) is 72.2 Å². The van der Waals surface area contributed by atoms with Gasteiger partial charge in [0.2, 0.25) is 6.29 Å². The highest BCUT2D eigenvalue weighted by Crippen LogP contribution is 2.81. The molecule has 7 nitrogen and oxygen atoms in total. The van der Waals surface area contributed by atoms with Crippen LogP contribution in [0.1, 0.15) is 50.5 Å². The second-order valence-electron chi connectivity index (χ2n) is 15.7. The van der Waals surface area contributed by atoms with Gasteiger partial charge in [-0.15, -0.1) is 0 Å². The van der Waals surface area contributed by atoms with Gasteiger partial charge < -0.3 is 14.2 Å². The molecular formula is C35H42O7S. The third-order valence-electron chi connectivity index (χ3n) is 14.4. The lowest BCUT2D eigenvalue weighted by atomic mass is 9.55. The van der Waals surface area contributed by atoms with Crippen LogP contribution in [0.4, 0.5) is 4.79 Å². The summed E-state index contributed by atoms with van der Waals surface area (Å²) in [7, 11) is -4.03. The van der Waals surface area contributed by atoms with E-state index in [2.05, 4.69) is 12.2 Å². The summed E-state index contributed by atoms with van der Waals surface area (Å²) < 4.78 is 50.8. The number of hydrogen-bond acceptors (Lipinski definition) is 7. The molecule has 1 aromatic rings. The number of carbonyl (C=O) groups is 1. The predicted octanol–water partition coefficient (Wildman–Crippen LogP) is 5.97. The number of aryl methyl sites for hydroxylation is 1. The first-order valence-electron chi connectivity index (χ1n) is 17.0. The summed E-state index contributed by atoms with van der Waals surface area (Å²) in [5.74, 6) is 9.21. The zero-order valence-electron chi connectivity index (χ0n) is 24.7. The van der Waals surface area contributed by atoms with Gasteiger partial charge in [-0.2, -0.15) is 8.42 Å². The standard InChI is InChI=1S/C35H42O7S/c1-16-5-9-19(10-6-16)43(37,38)42-34-25-15-24(33(34)41-35(36)40-26-4-2-3-11-39-26)31-22-14-23(32(25)31)30-21-13-20(29(22)30)27-17-7-8-18(12-17)28(21)27/h5-10,17-18,20-34H,2-4,11-15H2,1H3. The highest BCUT2D eigenvalue weighted by Gasteiger charge is 2.77. The molecule has 0 radical (unpaired) electrons. The van der Waals surface area contributed by atoms with Crippen molar-refractivity contribution < 1.29 is 31.6 Å². The molecule has 0 aromatic heterocycles. The Labute approximate surface area is 254 Å². The van der Waals surface area contributed by atoms with Crippen molar-refractivity contribution in [2.24, 2.45) is 82.9 Å². The Kier molecular flexibility index (Phi) is 5.57. The van der Waals surface area contributed by atoms with E-state index in [9.17, 15) is 13.2 Å². The van der Waals surface area contributed by atoms with Crippen LogP contribution in [0.5, 0.6) is 0 Å². The molecule has 17 atom stereocenters. The Morgan fingerprint density at radius 2 is 1.30 bits per heavy atom. The van der Waals surface area contributed by atoms with Crippen molar-refractivity contribution in [3.05, 3.63) is 42.0 Å². The lowest BCUT2D eigenvalue weighted by Crippen LogP contribution is -2.53. The lowest BCUT2D eigenvalue weighted by Gasteiger charge is -2.51. The molecule has 0 amide bonds. The maximum atomic E-state index is 13.6. The fourth-order valence-corrected chi connectivity index (χ4v) is 14.8. The van der Waals surface area contributed by atoms with E-state index in [1.165, 1.54) is 19.3 Å². The van der Waals surface area contributed by atoms with E-state index in [-0.39, 0.29) is 16.7 Å². The molecule has 1 aromatic carbocycles. The highest BCUT2D eigenvalue weighted by molar-refractivity contribution is 7.86. The largest absolute Gasteiger partial charge is 0.510 e. The van der Waals surface area contributed by atoms with E-state index in [4.69, 9.17) is 18.4 Å². The quantitative estimate of drug-likeness (QED) is 0.177. The number of ether oxygens (including phenoxy) is 3. The van der Waals surface area contributed by atoms with Crippen LogP contribution in [-0.2, 0) is 28.5 Å². The summed E-state index contributed by atoms with van der Waals surface area (Å²) in [6, 6.07) is 6.82. The summed E-state index contributed by atoms with van der Waals surface area (Å²) >= 11 is 0. The molecule has 8 fully saturated rings. The summed E-state index contributed by atoms with van der Waals surface area (Å²) in [6.45, 7) is 2.51. The van der Waals surface area contributed by atoms with Crippen molar-refractivity contribution in [1.82, 2.24) is 0 Å². The van der Waals surface area contributed by atoms with Crippen LogP contribution >= 0.6 is 0 Å². The number of hydrogen-bond donors (Lipinski definition) is 0. The summed E-state index contributed by atoms with van der Waals surface area (Å²) in [4.78, 5) is 13.3. The van der Waals surface area contributed by atoms with Gasteiger partial charge in [-0.25, -0.2) is 4.79 Å². The monoisotopic (exact) mass is 606 g/mol. The molecule has 0 N–H and O–H groups in total. The second kappa shape index (κ2) is 9.10. The van der Waals surface area contributed by atoms with Gasteiger partial charge in [-0.3, -0.25) is 4.18 Å². The SMILES string of the molecule is Cc1ccc(S(=O)(=O)OC2C3CC(C2OC(=O)OC2CCCCO2)C2C4CC(C32)C2C3CC(C5C6C=CC(C6)C35)C42)cc1. The fraction of sp³-hybridized carbons (Fsp3) is 0.743. The normalized spacial score (nSPS) is 52.4. The van der Waals surface area contributed by atoms with E-state index >= 15 is 0 Å². The van der Waals surface area contributed by atoms with Gasteiger partial charge in [0.1, 0.15) is 12.2 Å². The minimum absolute atomic E-state index is 0.0877. The molecule has 9 aliphatic rings. The van der Waals surface area contributed by atoms with Gasteiger partial charge in [-0.05, 0) is 135 Å². The number of allylic oxidation sites excluding steroid dienone is 2. The Bertz CT molecular complexity index is 1470. The van der Waals surface area contributed by atoms with Crippen molar-refractivity contribution in [3.63, 3.8) is 0 Å². The second-order valence-corrected chi connectivity index (χ2v) is 17.2. The Hall–Kier alpha value is -1.90. The number of carbonyl (C=O) groups excluding carboxylic acids is 1. The molecule has 0 spiro atoms. The smallest absolute Gasteiger partial charge is 0.428 e. The average Bonchev–Trinajstić information content (AvgIpc) is 3.83. The Morgan fingerprint density at radius 3 is 1.93 bits per heavy atom. The van der Waals surface area contributed by atoms with Gasteiger partial charge in [-0.1, -0.05) is 29.8 Å². The molecule has 43 heavy (non-hydrogen) atoms. The van der Waals surface area contributed by atoms with Crippen LogP contribution in [0, 0.1) is 89.8 Å². The van der Waals surface area contributed by atoms with E-state index in [0.29, 0.717) is 36.7 Å². The van der Waals surface area contributed by atoms with Crippen molar-refractivity contribution in [2.75, 3.05) is 6.61 Å². The zero-order valence-corrected chi connectivity index (χ0v) is 25.5. The van der Waals surface area contributed by atoms with Gasteiger partial charge >= 0.3 is 6.16 Å². The molecule has 8 heteroatoms. The number of rotatable bonds is 5. The number of fused-ring (bicyclic) bond motifs is 23. The van der Waals surface area contributed by atoms with Crippen molar-refractivity contribution in [1.29, 1.82) is 0 Å². The van der Waals surface area contributed by atoms with Crippen LogP contribution in [-0.4, -0.2) is 39.7 Å². The zero-order chi connectivity index (χ0) is 28.8. The summed E-state index contributed by atoms with van der Waals surface area (Å²) in [5, 5.41) is 0. The first-order valence-corrected chi connectivity index (χ1v) is 18.5. The Morgan fingerprint density at radius 1 is 0.721 bits per heavy atom. The van der Waals surface area contributed by atoms with E-state index in [1.54, 1.807) is 24.3 Å². The molecule has 17 unspecified atom stereocenters. The maximum absolute atomic E-state index is 13.6. The molecule has 1 saturated heterocycles. The fourth-order valence-electron chi connectivity index (χ4n) is 13.6. The topological polar surface area (TPSA) is 88.1 Å². The van der Waals surface area contributed by atoms with Gasteiger partial charge in [0.05, 0.1) is 11.5 Å². The maximum Gasteiger partial charge on any atom is 0.510 e. The van der Waals surface area contributed by atoms with Gasteiger partial charge in [0.15, 0.2) is 0 Å². The third kappa shape index (κ3) is 3.55. The van der Waals surface area contributed by atoms with Gasteiger partial charge in [0, 0.05) is 12.3 Å². The average molecular weight is 607 g/mol. The minimum atomic E-state index is -4.03. The van der Waals surface area contributed by atoms with Crippen LogP contribution in [0.15, 0.2) is 41.3 Å². The summed E-state index contributed by atoms with van der Waals surface area (Å²) in [5.41, 5.74) is 0.992. The van der Waals surface area contributed by atoms with Crippen molar-refractivity contribution in [2.45, 2.75) is 75.3 Å². The molecule has 8 bridgehead atoms. The molecule has 7 saturated carbocycles. The van der Waals surface area contributed by atoms with Crippen molar-refractivity contribution in [3.8, 4) is 0 Å². The summed E-state index contributed by atoms with van der Waals surface area (Å²) in [6.07, 6.45) is 9.96. The predicted molar refractivity (Wildman–Crippen MR) is 155 cm³/mol. The van der Waals surface area contributed by atoms with E-state index < -0.39 is 34.8 Å². The van der Waals surface area contributed by atoms with E-state index in [1.807, 2.05) is 6.92 Å². The molecular weight excluding hydrogens is 564 g/mol. The minimum Gasteiger partial charge on any atom is -0.428 e. The molecule has 1 heterocycles. The van der Waals surface area contributed by atoms with Gasteiger partial charge in [0.25, 0.3) is 10.1 Å². The first-order chi connectivity index (χ1) is 20.9. The lowest BCUT2D eigenvalue weighted by molar-refractivity contribution is -0.159. The molecule has 1 aliphatic heterocycles. The third-order valence-corrected chi connectivity index (χ3v) is 15.7. The number of benzene rings is 1. The molecule has 8 aliphatic carbocycles. The molecule has 10 rings (SSSR count). The Balaban J connectivity index is 0.958. The van der Waals surface area contributed by atoms with Crippen LogP contribution in [0.25, 0.3) is 0 Å². The first kappa shape index (κ1) is 26.3. The van der Waals surface area contributed by atoms with Crippen molar-refractivity contribution >= 4 is 16.3 Å². The molecule has 230 valence electrons. The van der Waals surface area contributed by atoms with Crippen LogP contribution in [0.2, 0.25) is 0 Å². The van der Waals surface area contributed by atoms with Crippen LogP contribution in [0.3, 0.4) is 0 Å². The van der Waals surface area contributed by atoms with Crippen LogP contribution < -0.4 is 0 Å².